The lowest BCUT2D eigenvalue weighted by Crippen LogP contribution is -2.34. The second kappa shape index (κ2) is 7.45. The minimum absolute atomic E-state index is 0.0628. The van der Waals surface area contributed by atoms with Gasteiger partial charge in [-0.2, -0.15) is 0 Å². The molecule has 0 spiro atoms. The van der Waals surface area contributed by atoms with Crippen LogP contribution >= 0.6 is 15.9 Å². The van der Waals surface area contributed by atoms with E-state index in [1.807, 2.05) is 12.1 Å². The summed E-state index contributed by atoms with van der Waals surface area (Å²) in [5.41, 5.74) is 6.54. The van der Waals surface area contributed by atoms with Crippen molar-refractivity contribution in [3.8, 4) is 0 Å². The average Bonchev–Trinajstić information content (AvgIpc) is 2.34. The Kier molecular flexibility index (Phi) is 6.22. The number of amides is 1. The van der Waals surface area contributed by atoms with E-state index in [9.17, 15) is 4.79 Å². The monoisotopic (exact) mass is 298 g/mol. The second-order valence-electron chi connectivity index (χ2n) is 4.12. The number of benzene rings is 1. The van der Waals surface area contributed by atoms with Crippen LogP contribution in [-0.2, 0) is 11.2 Å². The lowest BCUT2D eigenvalue weighted by molar-refractivity contribution is -0.119. The number of hydrogen-bond donors (Lipinski definition) is 2. The first-order valence-corrected chi connectivity index (χ1v) is 6.66. The molecule has 1 atom stereocenters. The van der Waals surface area contributed by atoms with Gasteiger partial charge in [0.25, 0.3) is 0 Å². The molecular formula is C13H19BrN2O. The predicted octanol–water partition coefficient (Wildman–Crippen LogP) is 2.09. The van der Waals surface area contributed by atoms with E-state index in [1.165, 1.54) is 5.56 Å². The molecule has 0 saturated heterocycles. The van der Waals surface area contributed by atoms with Gasteiger partial charge in [-0.05, 0) is 30.0 Å². The van der Waals surface area contributed by atoms with Gasteiger partial charge in [0.15, 0.2) is 0 Å². The van der Waals surface area contributed by atoms with E-state index >= 15 is 0 Å². The first-order chi connectivity index (χ1) is 8.15. The summed E-state index contributed by atoms with van der Waals surface area (Å²) in [6.45, 7) is 2.89. The molecule has 0 aliphatic rings. The molecule has 0 radical (unpaired) electrons. The maximum atomic E-state index is 11.1. The Balaban J connectivity index is 2.49. The summed E-state index contributed by atoms with van der Waals surface area (Å²) in [6.07, 6.45) is 2.01. The molecule has 1 amide bonds. The molecular weight excluding hydrogens is 280 g/mol. The summed E-state index contributed by atoms with van der Waals surface area (Å²) in [5, 5.41) is 2.84. The normalized spacial score (nSPS) is 12.2. The van der Waals surface area contributed by atoms with E-state index in [2.05, 4.69) is 40.3 Å². The third-order valence-corrected chi connectivity index (χ3v) is 3.26. The molecule has 0 heterocycles. The van der Waals surface area contributed by atoms with E-state index in [4.69, 9.17) is 5.73 Å². The molecule has 1 rings (SSSR count). The highest BCUT2D eigenvalue weighted by molar-refractivity contribution is 9.10. The molecule has 1 aromatic carbocycles. The summed E-state index contributed by atoms with van der Waals surface area (Å²) in [5.74, 6) is 0.373. The van der Waals surface area contributed by atoms with E-state index < -0.39 is 0 Å². The van der Waals surface area contributed by atoms with Crippen LogP contribution in [0, 0.1) is 5.92 Å². The fraction of sp³-hybridized carbons (Fsp3) is 0.462. The van der Waals surface area contributed by atoms with Gasteiger partial charge in [0.1, 0.15) is 0 Å². The Morgan fingerprint density at radius 3 is 2.88 bits per heavy atom. The number of hydrogen-bond acceptors (Lipinski definition) is 2. The lowest BCUT2D eigenvalue weighted by Gasteiger charge is -2.15. The van der Waals surface area contributed by atoms with Gasteiger partial charge in [-0.15, -0.1) is 0 Å². The molecule has 0 fully saturated rings. The zero-order valence-electron chi connectivity index (χ0n) is 10.1. The lowest BCUT2D eigenvalue weighted by atomic mass is 9.97. The highest BCUT2D eigenvalue weighted by atomic mass is 79.9. The largest absolute Gasteiger partial charge is 0.355 e. The van der Waals surface area contributed by atoms with Crippen molar-refractivity contribution < 1.29 is 4.79 Å². The molecule has 17 heavy (non-hydrogen) atoms. The molecule has 1 aromatic rings. The third kappa shape index (κ3) is 5.33. The Morgan fingerprint density at radius 1 is 1.53 bits per heavy atom. The van der Waals surface area contributed by atoms with Crippen LogP contribution in [0.15, 0.2) is 28.7 Å². The minimum Gasteiger partial charge on any atom is -0.355 e. The van der Waals surface area contributed by atoms with Crippen molar-refractivity contribution >= 4 is 21.8 Å². The molecule has 0 saturated carbocycles. The quantitative estimate of drug-likeness (QED) is 0.845. The SMILES string of the molecule is CCC(CNC(=O)CN)Cc1cccc(Br)c1. The van der Waals surface area contributed by atoms with Crippen molar-refractivity contribution in [2.24, 2.45) is 11.7 Å². The van der Waals surface area contributed by atoms with Crippen molar-refractivity contribution in [1.82, 2.24) is 5.32 Å². The van der Waals surface area contributed by atoms with Crippen molar-refractivity contribution in [2.45, 2.75) is 19.8 Å². The maximum Gasteiger partial charge on any atom is 0.233 e. The number of carbonyl (C=O) groups is 1. The van der Waals surface area contributed by atoms with E-state index in [0.717, 1.165) is 17.3 Å². The molecule has 4 heteroatoms. The zero-order chi connectivity index (χ0) is 12.7. The van der Waals surface area contributed by atoms with E-state index in [1.54, 1.807) is 0 Å². The van der Waals surface area contributed by atoms with Crippen molar-refractivity contribution in [2.75, 3.05) is 13.1 Å². The predicted molar refractivity (Wildman–Crippen MR) is 73.7 cm³/mol. The van der Waals surface area contributed by atoms with Gasteiger partial charge in [-0.3, -0.25) is 4.79 Å². The Bertz CT molecular complexity index is 368. The van der Waals surface area contributed by atoms with Gasteiger partial charge in [0.2, 0.25) is 5.91 Å². The highest BCUT2D eigenvalue weighted by Crippen LogP contribution is 2.16. The van der Waals surface area contributed by atoms with Gasteiger partial charge < -0.3 is 11.1 Å². The number of halogens is 1. The van der Waals surface area contributed by atoms with Crippen LogP contribution in [0.25, 0.3) is 0 Å². The Morgan fingerprint density at radius 2 is 2.29 bits per heavy atom. The highest BCUT2D eigenvalue weighted by Gasteiger charge is 2.09. The first-order valence-electron chi connectivity index (χ1n) is 5.87. The summed E-state index contributed by atoms with van der Waals surface area (Å²) in [4.78, 5) is 11.1. The molecule has 0 bridgehead atoms. The summed E-state index contributed by atoms with van der Waals surface area (Å²) < 4.78 is 1.09. The van der Waals surface area contributed by atoms with Gasteiger partial charge in [0, 0.05) is 11.0 Å². The summed E-state index contributed by atoms with van der Waals surface area (Å²) in [7, 11) is 0. The fourth-order valence-electron chi connectivity index (χ4n) is 1.69. The molecule has 94 valence electrons. The topological polar surface area (TPSA) is 55.1 Å². The number of nitrogens with two attached hydrogens (primary N) is 1. The van der Waals surface area contributed by atoms with E-state index in [-0.39, 0.29) is 12.5 Å². The minimum atomic E-state index is -0.0855. The Labute approximate surface area is 111 Å². The van der Waals surface area contributed by atoms with Crippen LogP contribution in [0.3, 0.4) is 0 Å². The van der Waals surface area contributed by atoms with Crippen LogP contribution in [0.1, 0.15) is 18.9 Å². The molecule has 0 aromatic heterocycles. The van der Waals surface area contributed by atoms with Gasteiger partial charge in [0.05, 0.1) is 6.54 Å². The summed E-state index contributed by atoms with van der Waals surface area (Å²) in [6, 6.07) is 8.27. The third-order valence-electron chi connectivity index (χ3n) is 2.76. The van der Waals surface area contributed by atoms with Crippen LogP contribution in [0.4, 0.5) is 0 Å². The molecule has 3 nitrogen and oxygen atoms in total. The number of rotatable bonds is 6. The molecule has 3 N–H and O–H groups in total. The first kappa shape index (κ1) is 14.2. The van der Waals surface area contributed by atoms with Crippen LogP contribution in [0.5, 0.6) is 0 Å². The van der Waals surface area contributed by atoms with Crippen molar-refractivity contribution in [1.29, 1.82) is 0 Å². The molecule has 0 aliphatic carbocycles. The second-order valence-corrected chi connectivity index (χ2v) is 5.03. The standard InChI is InChI=1S/C13H19BrN2O/c1-2-10(9-16-13(17)8-15)6-11-4-3-5-12(14)7-11/h3-5,7,10H,2,6,8-9,15H2,1H3,(H,16,17). The van der Waals surface area contributed by atoms with Crippen molar-refractivity contribution in [3.05, 3.63) is 34.3 Å². The summed E-state index contributed by atoms with van der Waals surface area (Å²) >= 11 is 3.46. The molecule has 0 aliphatic heterocycles. The van der Waals surface area contributed by atoms with Gasteiger partial charge >= 0.3 is 0 Å². The van der Waals surface area contributed by atoms with Crippen LogP contribution in [0.2, 0.25) is 0 Å². The smallest absolute Gasteiger partial charge is 0.233 e. The zero-order valence-corrected chi connectivity index (χ0v) is 11.7. The van der Waals surface area contributed by atoms with Crippen LogP contribution < -0.4 is 11.1 Å². The maximum absolute atomic E-state index is 11.1. The fourth-order valence-corrected chi connectivity index (χ4v) is 2.14. The molecule has 1 unspecified atom stereocenters. The van der Waals surface area contributed by atoms with Gasteiger partial charge in [-0.1, -0.05) is 41.4 Å². The van der Waals surface area contributed by atoms with E-state index in [0.29, 0.717) is 12.5 Å². The van der Waals surface area contributed by atoms with Crippen LogP contribution in [-0.4, -0.2) is 19.0 Å². The van der Waals surface area contributed by atoms with Crippen molar-refractivity contribution in [3.63, 3.8) is 0 Å². The number of carbonyl (C=O) groups excluding carboxylic acids is 1. The number of nitrogens with one attached hydrogen (secondary N) is 1. The average molecular weight is 299 g/mol. The Hall–Kier alpha value is -0.870. The van der Waals surface area contributed by atoms with Gasteiger partial charge in [-0.25, -0.2) is 0 Å².